The number of allylic oxidation sites excluding steroid dienone is 1. The van der Waals surface area contributed by atoms with E-state index in [0.717, 1.165) is 29.2 Å². The molecule has 0 spiro atoms. The van der Waals surface area contributed by atoms with Crippen LogP contribution < -0.4 is 0 Å². The molecule has 7 heteroatoms. The number of benzene rings is 1. The van der Waals surface area contributed by atoms with Crippen molar-refractivity contribution in [3.8, 4) is 6.07 Å². The zero-order valence-electron chi connectivity index (χ0n) is 11.0. The van der Waals surface area contributed by atoms with E-state index in [9.17, 15) is 18.4 Å². The van der Waals surface area contributed by atoms with E-state index in [4.69, 9.17) is 0 Å². The molecule has 2 heterocycles. The molecule has 0 fully saturated rings. The minimum Gasteiger partial charge on any atom is -0.362 e. The molecule has 0 amide bonds. The van der Waals surface area contributed by atoms with Crippen molar-refractivity contribution in [2.45, 2.75) is 6.18 Å². The van der Waals surface area contributed by atoms with Crippen molar-refractivity contribution in [1.82, 2.24) is 9.97 Å². The van der Waals surface area contributed by atoms with Gasteiger partial charge in [0.15, 0.2) is 0 Å². The summed E-state index contributed by atoms with van der Waals surface area (Å²) in [5, 5.41) is 9.64. The van der Waals surface area contributed by atoms with E-state index >= 15 is 0 Å². The van der Waals surface area contributed by atoms with E-state index < -0.39 is 11.7 Å². The third-order valence-electron chi connectivity index (χ3n) is 2.99. The first-order valence-corrected chi connectivity index (χ1v) is 7.02. The van der Waals surface area contributed by atoms with Gasteiger partial charge in [-0.3, -0.25) is 0 Å². The molecule has 0 saturated heterocycles. The molecule has 1 aromatic carbocycles. The van der Waals surface area contributed by atoms with Crippen LogP contribution in [0.4, 0.5) is 13.2 Å². The molecule has 0 aliphatic carbocycles. The minimum atomic E-state index is -4.39. The number of hydrogen-bond acceptors (Lipinski definition) is 3. The first-order valence-electron chi connectivity index (χ1n) is 6.21. The molecular weight excluding hydrogens is 311 g/mol. The van der Waals surface area contributed by atoms with Crippen LogP contribution in [0.25, 0.3) is 21.9 Å². The summed E-state index contributed by atoms with van der Waals surface area (Å²) in [5.74, 6) is 0. The van der Waals surface area contributed by atoms with Crippen molar-refractivity contribution < 1.29 is 13.2 Å². The summed E-state index contributed by atoms with van der Waals surface area (Å²) in [7, 11) is 0. The van der Waals surface area contributed by atoms with Gasteiger partial charge >= 0.3 is 6.18 Å². The van der Waals surface area contributed by atoms with Gasteiger partial charge in [-0.15, -0.1) is 11.3 Å². The van der Waals surface area contributed by atoms with Crippen LogP contribution in [-0.4, -0.2) is 9.97 Å². The summed E-state index contributed by atoms with van der Waals surface area (Å²) in [4.78, 5) is 7.17. The van der Waals surface area contributed by atoms with Gasteiger partial charge in [0.1, 0.15) is 11.1 Å². The predicted molar refractivity (Wildman–Crippen MR) is 78.9 cm³/mol. The number of alkyl halides is 3. The van der Waals surface area contributed by atoms with Gasteiger partial charge in [-0.2, -0.15) is 18.4 Å². The second-order valence-electron chi connectivity index (χ2n) is 4.49. The summed E-state index contributed by atoms with van der Waals surface area (Å²) < 4.78 is 38.5. The van der Waals surface area contributed by atoms with E-state index in [0.29, 0.717) is 20.8 Å². The molecule has 3 aromatic rings. The monoisotopic (exact) mass is 319 g/mol. The lowest BCUT2D eigenvalue weighted by Gasteiger charge is -2.04. The summed E-state index contributed by atoms with van der Waals surface area (Å²) in [6.07, 6.45) is -1.06. The third kappa shape index (κ3) is 2.73. The highest BCUT2D eigenvalue weighted by Gasteiger charge is 2.30. The van der Waals surface area contributed by atoms with Gasteiger partial charge < -0.3 is 4.98 Å². The van der Waals surface area contributed by atoms with Crippen LogP contribution in [0.1, 0.15) is 16.3 Å². The van der Waals surface area contributed by atoms with Gasteiger partial charge in [-0.05, 0) is 36.4 Å². The van der Waals surface area contributed by atoms with Crippen molar-refractivity contribution in [1.29, 1.82) is 5.26 Å². The highest BCUT2D eigenvalue weighted by Crippen LogP contribution is 2.34. The standard InChI is InChI=1S/C15H8F3N3S/c16-15(17,18)10-3-4-12-13(7-10)22-14(21-12)9(8-19)6-11-2-1-5-20-11/h1-7,20H/b9-6+. The highest BCUT2D eigenvalue weighted by atomic mass is 32.1. The van der Waals surface area contributed by atoms with Gasteiger partial charge in [-0.1, -0.05) is 0 Å². The number of H-pyrrole nitrogens is 1. The molecular formula is C15H8F3N3S. The number of nitriles is 1. The number of aromatic amines is 1. The van der Waals surface area contributed by atoms with Crippen molar-refractivity contribution in [3.05, 3.63) is 52.8 Å². The molecule has 0 aliphatic heterocycles. The zero-order chi connectivity index (χ0) is 15.7. The first kappa shape index (κ1) is 14.4. The average Bonchev–Trinajstić information content (AvgIpc) is 3.11. The molecule has 22 heavy (non-hydrogen) atoms. The number of aromatic nitrogens is 2. The molecule has 0 bridgehead atoms. The molecule has 0 aliphatic rings. The third-order valence-corrected chi connectivity index (χ3v) is 4.04. The number of nitrogens with one attached hydrogen (secondary N) is 1. The number of halogens is 3. The first-order chi connectivity index (χ1) is 10.5. The Morgan fingerprint density at radius 1 is 1.32 bits per heavy atom. The molecule has 0 saturated carbocycles. The van der Waals surface area contributed by atoms with E-state index in [1.807, 2.05) is 6.07 Å². The SMILES string of the molecule is N#C/C(=C\c1ccc[nH]1)c1nc2ccc(C(F)(F)F)cc2s1. The quantitative estimate of drug-likeness (QED) is 0.696. The van der Waals surface area contributed by atoms with Crippen LogP contribution in [-0.2, 0) is 6.18 Å². The Labute approximate surface area is 127 Å². The topological polar surface area (TPSA) is 52.5 Å². The maximum atomic E-state index is 12.7. The molecule has 2 aromatic heterocycles. The Hall–Kier alpha value is -2.59. The maximum absolute atomic E-state index is 12.7. The second kappa shape index (κ2) is 5.31. The van der Waals surface area contributed by atoms with E-state index in [1.54, 1.807) is 24.4 Å². The maximum Gasteiger partial charge on any atom is 0.416 e. The summed E-state index contributed by atoms with van der Waals surface area (Å²) in [6, 6.07) is 8.97. The van der Waals surface area contributed by atoms with Crippen molar-refractivity contribution in [3.63, 3.8) is 0 Å². The minimum absolute atomic E-state index is 0.303. The largest absolute Gasteiger partial charge is 0.416 e. The molecule has 1 N–H and O–H groups in total. The number of thiazole rings is 1. The van der Waals surface area contributed by atoms with Gasteiger partial charge in [-0.25, -0.2) is 4.98 Å². The molecule has 3 rings (SSSR count). The van der Waals surface area contributed by atoms with Crippen molar-refractivity contribution in [2.24, 2.45) is 0 Å². The molecule has 3 nitrogen and oxygen atoms in total. The fourth-order valence-electron chi connectivity index (χ4n) is 1.95. The summed E-state index contributed by atoms with van der Waals surface area (Å²) in [5.41, 5.74) is 0.756. The fourth-order valence-corrected chi connectivity index (χ4v) is 2.92. The van der Waals surface area contributed by atoms with Crippen LogP contribution in [0.3, 0.4) is 0 Å². The van der Waals surface area contributed by atoms with Crippen LogP contribution in [0.5, 0.6) is 0 Å². The Bertz CT molecular complexity index is 883. The number of nitrogens with zero attached hydrogens (tertiary/aromatic N) is 2. The Kier molecular flexibility index (Phi) is 3.47. The van der Waals surface area contributed by atoms with Gasteiger partial charge in [0.2, 0.25) is 0 Å². The Morgan fingerprint density at radius 3 is 2.77 bits per heavy atom. The summed E-state index contributed by atoms with van der Waals surface area (Å²) in [6.45, 7) is 0. The van der Waals surface area contributed by atoms with Gasteiger partial charge in [0, 0.05) is 11.9 Å². The van der Waals surface area contributed by atoms with Crippen LogP contribution >= 0.6 is 11.3 Å². The van der Waals surface area contributed by atoms with Crippen LogP contribution in [0.2, 0.25) is 0 Å². The predicted octanol–water partition coefficient (Wildman–Crippen LogP) is 4.71. The molecule has 0 unspecified atom stereocenters. The summed E-state index contributed by atoms with van der Waals surface area (Å²) >= 11 is 1.07. The zero-order valence-corrected chi connectivity index (χ0v) is 11.8. The van der Waals surface area contributed by atoms with E-state index in [2.05, 4.69) is 9.97 Å². The van der Waals surface area contributed by atoms with Crippen molar-refractivity contribution >= 4 is 33.2 Å². The molecule has 0 atom stereocenters. The van der Waals surface area contributed by atoms with E-state index in [-0.39, 0.29) is 0 Å². The van der Waals surface area contributed by atoms with Gasteiger partial charge in [0.05, 0.1) is 21.4 Å². The number of hydrogen-bond donors (Lipinski definition) is 1. The number of rotatable bonds is 2. The normalized spacial score (nSPS) is 12.5. The average molecular weight is 319 g/mol. The van der Waals surface area contributed by atoms with E-state index in [1.165, 1.54) is 6.07 Å². The van der Waals surface area contributed by atoms with Crippen LogP contribution in [0.15, 0.2) is 36.5 Å². The molecule has 110 valence electrons. The lowest BCUT2D eigenvalue weighted by molar-refractivity contribution is -0.137. The Morgan fingerprint density at radius 2 is 2.14 bits per heavy atom. The fraction of sp³-hybridized carbons (Fsp3) is 0.0667. The highest BCUT2D eigenvalue weighted by molar-refractivity contribution is 7.19. The second-order valence-corrected chi connectivity index (χ2v) is 5.53. The van der Waals surface area contributed by atoms with Crippen molar-refractivity contribution in [2.75, 3.05) is 0 Å². The Balaban J connectivity index is 2.07. The number of fused-ring (bicyclic) bond motifs is 1. The molecule has 0 radical (unpaired) electrons. The van der Waals surface area contributed by atoms with Crippen LogP contribution in [0, 0.1) is 11.3 Å². The lowest BCUT2D eigenvalue weighted by atomic mass is 10.2. The lowest BCUT2D eigenvalue weighted by Crippen LogP contribution is -2.03. The van der Waals surface area contributed by atoms with Gasteiger partial charge in [0.25, 0.3) is 0 Å². The smallest absolute Gasteiger partial charge is 0.362 e.